The zero-order valence-corrected chi connectivity index (χ0v) is 11.8. The first-order valence-electron chi connectivity index (χ1n) is 6.40. The monoisotopic (exact) mass is 253 g/mol. The number of rotatable bonds is 4. The lowest BCUT2D eigenvalue weighted by Crippen LogP contribution is -2.51. The number of thiophene rings is 1. The van der Waals surface area contributed by atoms with Gasteiger partial charge in [0, 0.05) is 37.1 Å². The lowest BCUT2D eigenvalue weighted by Gasteiger charge is -2.37. The highest BCUT2D eigenvalue weighted by atomic mass is 32.1. The molecule has 0 spiro atoms. The van der Waals surface area contributed by atoms with E-state index in [0.29, 0.717) is 12.1 Å². The topological polar surface area (TPSA) is 27.3 Å². The van der Waals surface area contributed by atoms with Crippen LogP contribution in [0.2, 0.25) is 0 Å². The summed E-state index contributed by atoms with van der Waals surface area (Å²) >= 11 is 1.87. The normalized spacial score (nSPS) is 21.4. The summed E-state index contributed by atoms with van der Waals surface area (Å²) in [6.07, 6.45) is 0. The van der Waals surface area contributed by atoms with Gasteiger partial charge in [-0.05, 0) is 37.9 Å². The Kier molecular flexibility index (Phi) is 4.56. The van der Waals surface area contributed by atoms with E-state index in [1.807, 2.05) is 11.3 Å². The molecule has 2 heterocycles. The highest BCUT2D eigenvalue weighted by Crippen LogP contribution is 2.28. The highest BCUT2D eigenvalue weighted by molar-refractivity contribution is 7.10. The van der Waals surface area contributed by atoms with Gasteiger partial charge in [0.05, 0.1) is 6.04 Å². The number of likely N-dealkylation sites (N-methyl/N-ethyl adjacent to an activating group) is 1. The lowest BCUT2D eigenvalue weighted by molar-refractivity contribution is 0.154. The molecule has 1 aromatic heterocycles. The molecule has 1 fully saturated rings. The van der Waals surface area contributed by atoms with Crippen molar-refractivity contribution in [2.24, 2.45) is 0 Å². The predicted molar refractivity (Wildman–Crippen MR) is 74.8 cm³/mol. The van der Waals surface area contributed by atoms with E-state index in [9.17, 15) is 0 Å². The molecule has 1 aliphatic rings. The van der Waals surface area contributed by atoms with E-state index in [2.05, 4.69) is 47.9 Å². The molecule has 1 aliphatic heterocycles. The summed E-state index contributed by atoms with van der Waals surface area (Å²) in [6.45, 7) is 9.09. The van der Waals surface area contributed by atoms with Gasteiger partial charge in [-0.25, -0.2) is 0 Å². The van der Waals surface area contributed by atoms with Crippen molar-refractivity contribution in [2.75, 3.05) is 33.2 Å². The average Bonchev–Trinajstić information content (AvgIpc) is 2.78. The van der Waals surface area contributed by atoms with Crippen molar-refractivity contribution >= 4 is 11.3 Å². The molecule has 2 atom stereocenters. The van der Waals surface area contributed by atoms with E-state index in [1.165, 1.54) is 10.4 Å². The summed E-state index contributed by atoms with van der Waals surface area (Å²) < 4.78 is 0. The molecular formula is C13H23N3S. The highest BCUT2D eigenvalue weighted by Gasteiger charge is 2.26. The summed E-state index contributed by atoms with van der Waals surface area (Å²) in [6, 6.07) is 3.22. The molecule has 2 N–H and O–H groups in total. The van der Waals surface area contributed by atoms with E-state index in [1.54, 1.807) is 0 Å². The Labute approximate surface area is 108 Å². The van der Waals surface area contributed by atoms with Crippen molar-refractivity contribution in [3.63, 3.8) is 0 Å². The van der Waals surface area contributed by atoms with Gasteiger partial charge in [0.2, 0.25) is 0 Å². The summed E-state index contributed by atoms with van der Waals surface area (Å²) in [4.78, 5) is 4.06. The predicted octanol–water partition coefficient (Wildman–Crippen LogP) is 1.61. The van der Waals surface area contributed by atoms with Gasteiger partial charge in [-0.3, -0.25) is 4.90 Å². The zero-order valence-electron chi connectivity index (χ0n) is 11.0. The van der Waals surface area contributed by atoms with E-state index in [4.69, 9.17) is 0 Å². The first-order valence-corrected chi connectivity index (χ1v) is 7.28. The molecule has 0 bridgehead atoms. The van der Waals surface area contributed by atoms with Crippen LogP contribution in [0.25, 0.3) is 0 Å². The Bertz CT molecular complexity index is 344. The molecule has 1 aromatic rings. The molecule has 4 heteroatoms. The van der Waals surface area contributed by atoms with Gasteiger partial charge >= 0.3 is 0 Å². The van der Waals surface area contributed by atoms with Crippen molar-refractivity contribution in [3.05, 3.63) is 21.9 Å². The van der Waals surface area contributed by atoms with Crippen LogP contribution in [-0.2, 0) is 0 Å². The fourth-order valence-electron chi connectivity index (χ4n) is 2.59. The molecule has 1 saturated heterocycles. The van der Waals surface area contributed by atoms with Gasteiger partial charge in [-0.2, -0.15) is 0 Å². The second-order valence-corrected chi connectivity index (χ2v) is 5.71. The lowest BCUT2D eigenvalue weighted by atomic mass is 10.0. The second kappa shape index (κ2) is 5.96. The smallest absolute Gasteiger partial charge is 0.0570 e. The average molecular weight is 253 g/mol. The maximum absolute atomic E-state index is 3.49. The van der Waals surface area contributed by atoms with Crippen molar-refractivity contribution in [3.8, 4) is 0 Å². The minimum absolute atomic E-state index is 0.452. The van der Waals surface area contributed by atoms with Crippen LogP contribution in [0.1, 0.15) is 23.4 Å². The van der Waals surface area contributed by atoms with Crippen molar-refractivity contribution in [2.45, 2.75) is 25.9 Å². The first kappa shape index (κ1) is 13.0. The molecule has 2 rings (SSSR count). The van der Waals surface area contributed by atoms with Gasteiger partial charge in [0.25, 0.3) is 0 Å². The number of hydrogen-bond acceptors (Lipinski definition) is 4. The Morgan fingerprint density at radius 2 is 2.12 bits per heavy atom. The summed E-state index contributed by atoms with van der Waals surface area (Å²) in [5.74, 6) is 0. The van der Waals surface area contributed by atoms with Gasteiger partial charge in [0.1, 0.15) is 0 Å². The second-order valence-electron chi connectivity index (χ2n) is 4.76. The molecule has 3 nitrogen and oxygen atoms in total. The van der Waals surface area contributed by atoms with Crippen molar-refractivity contribution in [1.29, 1.82) is 0 Å². The van der Waals surface area contributed by atoms with Crippen molar-refractivity contribution < 1.29 is 0 Å². The number of hydrogen-bond donors (Lipinski definition) is 2. The standard InChI is InChI=1S/C13H23N3S/c1-10-4-9-17-13(10)12(14-3)11(2)16-7-5-15-6-8-16/h4,9,11-12,14-15H,5-8H2,1-3H3. The molecule has 96 valence electrons. The molecule has 0 aromatic carbocycles. The van der Waals surface area contributed by atoms with Crippen LogP contribution in [0.4, 0.5) is 0 Å². The molecule has 0 radical (unpaired) electrons. The van der Waals surface area contributed by atoms with Crippen LogP contribution in [0.3, 0.4) is 0 Å². The van der Waals surface area contributed by atoms with Crippen LogP contribution in [-0.4, -0.2) is 44.2 Å². The van der Waals surface area contributed by atoms with Gasteiger partial charge in [0.15, 0.2) is 0 Å². The van der Waals surface area contributed by atoms with E-state index >= 15 is 0 Å². The van der Waals surface area contributed by atoms with E-state index in [0.717, 1.165) is 26.2 Å². The fraction of sp³-hybridized carbons (Fsp3) is 0.692. The summed E-state index contributed by atoms with van der Waals surface area (Å²) in [7, 11) is 2.07. The maximum atomic E-state index is 3.49. The largest absolute Gasteiger partial charge is 0.314 e. The zero-order chi connectivity index (χ0) is 12.3. The van der Waals surface area contributed by atoms with E-state index < -0.39 is 0 Å². The molecule has 17 heavy (non-hydrogen) atoms. The first-order chi connectivity index (χ1) is 8.24. The Morgan fingerprint density at radius 3 is 2.65 bits per heavy atom. The SMILES string of the molecule is CNC(c1sccc1C)C(C)N1CCNCC1. The van der Waals surface area contributed by atoms with Gasteiger partial charge in [-0.15, -0.1) is 11.3 Å². The van der Waals surface area contributed by atoms with Crippen LogP contribution in [0.15, 0.2) is 11.4 Å². The third-order valence-corrected chi connectivity index (χ3v) is 4.81. The number of aryl methyl sites for hydroxylation is 1. The van der Waals surface area contributed by atoms with Crippen LogP contribution in [0.5, 0.6) is 0 Å². The van der Waals surface area contributed by atoms with Crippen molar-refractivity contribution in [1.82, 2.24) is 15.5 Å². The minimum atomic E-state index is 0.452. The molecule has 0 aliphatic carbocycles. The molecular weight excluding hydrogens is 230 g/mol. The fourth-order valence-corrected chi connectivity index (χ4v) is 3.73. The number of piperazine rings is 1. The number of nitrogens with zero attached hydrogens (tertiary/aromatic N) is 1. The van der Waals surface area contributed by atoms with Gasteiger partial charge < -0.3 is 10.6 Å². The third kappa shape index (κ3) is 2.88. The molecule has 0 saturated carbocycles. The summed E-state index contributed by atoms with van der Waals surface area (Å²) in [5.41, 5.74) is 1.41. The van der Waals surface area contributed by atoms with Crippen LogP contribution >= 0.6 is 11.3 Å². The Hall–Kier alpha value is -0.420. The molecule has 0 amide bonds. The quantitative estimate of drug-likeness (QED) is 0.854. The molecule has 2 unspecified atom stereocenters. The summed E-state index contributed by atoms with van der Waals surface area (Å²) in [5, 5.41) is 9.10. The van der Waals surface area contributed by atoms with Crippen LogP contribution < -0.4 is 10.6 Å². The van der Waals surface area contributed by atoms with Crippen LogP contribution in [0, 0.1) is 6.92 Å². The maximum Gasteiger partial charge on any atom is 0.0570 e. The van der Waals surface area contributed by atoms with E-state index in [-0.39, 0.29) is 0 Å². The van der Waals surface area contributed by atoms with Gasteiger partial charge in [-0.1, -0.05) is 0 Å². The third-order valence-electron chi connectivity index (χ3n) is 3.71. The number of nitrogens with one attached hydrogen (secondary N) is 2. The Balaban J connectivity index is 2.09. The minimum Gasteiger partial charge on any atom is -0.314 e. The Morgan fingerprint density at radius 1 is 1.41 bits per heavy atom.